The summed E-state index contributed by atoms with van der Waals surface area (Å²) in [6.07, 6.45) is 0. The summed E-state index contributed by atoms with van der Waals surface area (Å²) in [6.45, 7) is 3.34. The SMILES string of the molecule is CC(C)NC(=O)NS(=O)(=O)c1cc(C#N)ccc1Oc1ccc(F)cc1. The first kappa shape index (κ1) is 19.2. The number of carbonyl (C=O) groups excluding carboxylic acids is 1. The van der Waals surface area contributed by atoms with Gasteiger partial charge in [-0.25, -0.2) is 22.3 Å². The van der Waals surface area contributed by atoms with E-state index in [9.17, 15) is 17.6 Å². The maximum Gasteiger partial charge on any atom is 0.328 e. The third-order valence-corrected chi connectivity index (χ3v) is 4.40. The summed E-state index contributed by atoms with van der Waals surface area (Å²) >= 11 is 0. The number of rotatable bonds is 5. The molecule has 0 atom stereocenters. The molecule has 136 valence electrons. The van der Waals surface area contributed by atoms with Gasteiger partial charge in [0.05, 0.1) is 11.6 Å². The number of hydrogen-bond donors (Lipinski definition) is 2. The van der Waals surface area contributed by atoms with E-state index in [2.05, 4.69) is 5.32 Å². The molecule has 2 rings (SSSR count). The van der Waals surface area contributed by atoms with Crippen molar-refractivity contribution < 1.29 is 22.3 Å². The summed E-state index contributed by atoms with van der Waals surface area (Å²) in [7, 11) is -4.31. The zero-order chi connectivity index (χ0) is 19.3. The van der Waals surface area contributed by atoms with Gasteiger partial charge in [-0.1, -0.05) is 0 Å². The number of ether oxygens (including phenoxy) is 1. The molecule has 0 aliphatic carbocycles. The Balaban J connectivity index is 2.40. The molecule has 2 amide bonds. The molecule has 7 nitrogen and oxygen atoms in total. The molecule has 9 heteroatoms. The van der Waals surface area contributed by atoms with Gasteiger partial charge in [0.2, 0.25) is 0 Å². The van der Waals surface area contributed by atoms with Gasteiger partial charge in [-0.15, -0.1) is 0 Å². The van der Waals surface area contributed by atoms with Crippen LogP contribution < -0.4 is 14.8 Å². The van der Waals surface area contributed by atoms with Crippen molar-refractivity contribution >= 4 is 16.1 Å². The van der Waals surface area contributed by atoms with Crippen LogP contribution in [0.3, 0.4) is 0 Å². The lowest BCUT2D eigenvalue weighted by atomic mass is 10.2. The third kappa shape index (κ3) is 4.94. The molecule has 0 aromatic heterocycles. The van der Waals surface area contributed by atoms with Crippen molar-refractivity contribution in [2.75, 3.05) is 0 Å². The van der Waals surface area contributed by atoms with Gasteiger partial charge in [-0.2, -0.15) is 5.26 Å². The van der Waals surface area contributed by atoms with E-state index in [1.807, 2.05) is 10.8 Å². The highest BCUT2D eigenvalue weighted by atomic mass is 32.2. The Labute approximate surface area is 150 Å². The lowest BCUT2D eigenvalue weighted by Crippen LogP contribution is -2.42. The number of nitrogens with zero attached hydrogens (tertiary/aromatic N) is 1. The van der Waals surface area contributed by atoms with Crippen LogP contribution in [0.5, 0.6) is 11.5 Å². The van der Waals surface area contributed by atoms with Crippen LogP contribution in [0, 0.1) is 17.1 Å². The molecule has 0 saturated heterocycles. The van der Waals surface area contributed by atoms with Crippen LogP contribution in [0.15, 0.2) is 47.4 Å². The Morgan fingerprint density at radius 2 is 1.85 bits per heavy atom. The van der Waals surface area contributed by atoms with E-state index in [-0.39, 0.29) is 28.0 Å². The monoisotopic (exact) mass is 377 g/mol. The Kier molecular flexibility index (Phi) is 5.79. The molecule has 0 heterocycles. The highest BCUT2D eigenvalue weighted by molar-refractivity contribution is 7.90. The molecular weight excluding hydrogens is 361 g/mol. The largest absolute Gasteiger partial charge is 0.456 e. The van der Waals surface area contributed by atoms with E-state index >= 15 is 0 Å². The average molecular weight is 377 g/mol. The first-order valence-electron chi connectivity index (χ1n) is 7.52. The highest BCUT2D eigenvalue weighted by Crippen LogP contribution is 2.29. The summed E-state index contributed by atoms with van der Waals surface area (Å²) in [4.78, 5) is 11.4. The van der Waals surface area contributed by atoms with Gasteiger partial charge in [0, 0.05) is 6.04 Å². The molecule has 2 N–H and O–H groups in total. The Morgan fingerprint density at radius 3 is 2.42 bits per heavy atom. The summed E-state index contributed by atoms with van der Waals surface area (Å²) in [5.41, 5.74) is 0.0705. The Hall–Kier alpha value is -3.12. The standard InChI is InChI=1S/C17H16FN3O4S/c1-11(2)20-17(22)21-26(23,24)16-9-12(10-19)3-8-15(16)25-14-6-4-13(18)5-7-14/h3-9,11H,1-2H3,(H2,20,21,22). The van der Waals surface area contributed by atoms with Crippen molar-refractivity contribution in [2.45, 2.75) is 24.8 Å². The number of carbonyl (C=O) groups is 1. The summed E-state index contributed by atoms with van der Waals surface area (Å²) in [5, 5.41) is 11.4. The maximum absolute atomic E-state index is 13.0. The van der Waals surface area contributed by atoms with Crippen molar-refractivity contribution in [2.24, 2.45) is 0 Å². The van der Waals surface area contributed by atoms with Crippen LogP contribution in [0.4, 0.5) is 9.18 Å². The molecule has 0 fully saturated rings. The second-order valence-corrected chi connectivity index (χ2v) is 7.21. The van der Waals surface area contributed by atoms with Crippen LogP contribution >= 0.6 is 0 Å². The quantitative estimate of drug-likeness (QED) is 0.833. The summed E-state index contributed by atoms with van der Waals surface area (Å²) in [6, 6.07) is 9.34. The zero-order valence-corrected chi connectivity index (χ0v) is 14.8. The predicted octanol–water partition coefficient (Wildman–Crippen LogP) is 2.89. The highest BCUT2D eigenvalue weighted by Gasteiger charge is 2.23. The number of nitriles is 1. The second kappa shape index (κ2) is 7.84. The molecule has 0 spiro atoms. The van der Waals surface area contributed by atoms with Crippen LogP contribution in [0.1, 0.15) is 19.4 Å². The minimum absolute atomic E-state index is 0.0705. The first-order chi connectivity index (χ1) is 12.2. The number of nitrogens with one attached hydrogen (secondary N) is 2. The summed E-state index contributed by atoms with van der Waals surface area (Å²) in [5.74, 6) is -0.392. The van der Waals surface area contributed by atoms with E-state index < -0.39 is 21.9 Å². The molecule has 0 aliphatic rings. The van der Waals surface area contributed by atoms with Gasteiger partial charge in [-0.05, 0) is 56.3 Å². The van der Waals surface area contributed by atoms with Crippen molar-refractivity contribution in [1.29, 1.82) is 5.26 Å². The van der Waals surface area contributed by atoms with Gasteiger partial charge in [0.15, 0.2) is 0 Å². The van der Waals surface area contributed by atoms with Crippen molar-refractivity contribution in [3.8, 4) is 17.6 Å². The minimum atomic E-state index is -4.31. The molecule has 0 aliphatic heterocycles. The number of hydrogen-bond acceptors (Lipinski definition) is 5. The fraction of sp³-hybridized carbons (Fsp3) is 0.176. The van der Waals surface area contributed by atoms with Gasteiger partial charge >= 0.3 is 6.03 Å². The fourth-order valence-electron chi connectivity index (χ4n) is 1.97. The molecule has 0 unspecified atom stereocenters. The lowest BCUT2D eigenvalue weighted by molar-refractivity contribution is 0.243. The number of benzene rings is 2. The minimum Gasteiger partial charge on any atom is -0.456 e. The molecule has 26 heavy (non-hydrogen) atoms. The second-order valence-electron chi connectivity index (χ2n) is 5.56. The Bertz CT molecular complexity index is 951. The number of amides is 2. The third-order valence-electron chi connectivity index (χ3n) is 3.05. The molecule has 2 aromatic carbocycles. The number of sulfonamides is 1. The smallest absolute Gasteiger partial charge is 0.328 e. The van der Waals surface area contributed by atoms with Crippen LogP contribution in [0.25, 0.3) is 0 Å². The normalized spacial score (nSPS) is 10.9. The summed E-state index contributed by atoms with van der Waals surface area (Å²) < 4.78 is 45.4. The fourth-order valence-corrected chi connectivity index (χ4v) is 3.04. The van der Waals surface area contributed by atoms with E-state index in [1.165, 1.54) is 24.3 Å². The Morgan fingerprint density at radius 1 is 1.19 bits per heavy atom. The van der Waals surface area contributed by atoms with Gasteiger partial charge < -0.3 is 10.1 Å². The molecule has 0 bridgehead atoms. The van der Waals surface area contributed by atoms with Crippen molar-refractivity contribution in [1.82, 2.24) is 10.0 Å². The van der Waals surface area contributed by atoms with Crippen LogP contribution in [0.2, 0.25) is 0 Å². The van der Waals surface area contributed by atoms with Crippen LogP contribution in [-0.4, -0.2) is 20.5 Å². The van der Waals surface area contributed by atoms with E-state index in [0.717, 1.165) is 18.2 Å². The predicted molar refractivity (Wildman–Crippen MR) is 91.6 cm³/mol. The van der Waals surface area contributed by atoms with Gasteiger partial charge in [0.1, 0.15) is 22.2 Å². The average Bonchev–Trinajstić information content (AvgIpc) is 2.55. The van der Waals surface area contributed by atoms with E-state index in [1.54, 1.807) is 13.8 Å². The molecular formula is C17H16FN3O4S. The number of urea groups is 1. The molecule has 0 saturated carbocycles. The van der Waals surface area contributed by atoms with Gasteiger partial charge in [0.25, 0.3) is 10.0 Å². The number of halogens is 1. The first-order valence-corrected chi connectivity index (χ1v) is 9.00. The van der Waals surface area contributed by atoms with Gasteiger partial charge in [-0.3, -0.25) is 0 Å². The van der Waals surface area contributed by atoms with E-state index in [4.69, 9.17) is 10.00 Å². The van der Waals surface area contributed by atoms with Crippen molar-refractivity contribution in [3.63, 3.8) is 0 Å². The van der Waals surface area contributed by atoms with Crippen molar-refractivity contribution in [3.05, 3.63) is 53.8 Å². The van der Waals surface area contributed by atoms with Crippen LogP contribution in [-0.2, 0) is 10.0 Å². The zero-order valence-electron chi connectivity index (χ0n) is 14.0. The topological polar surface area (TPSA) is 108 Å². The molecule has 0 radical (unpaired) electrons. The maximum atomic E-state index is 13.0. The molecule has 2 aromatic rings. The lowest BCUT2D eigenvalue weighted by Gasteiger charge is -2.14. The van der Waals surface area contributed by atoms with E-state index in [0.29, 0.717) is 0 Å².